The van der Waals surface area contributed by atoms with Gasteiger partial charge in [-0.2, -0.15) is 0 Å². The van der Waals surface area contributed by atoms with E-state index in [0.29, 0.717) is 11.5 Å². The Bertz CT molecular complexity index is 619. The van der Waals surface area contributed by atoms with Gasteiger partial charge in [0.25, 0.3) is 0 Å². The standard InChI is InChI=1S/C18H28N4O4/c1-12-5-7-22(8-6-12)16-19-10-13(11-20-16)9-14(15(23)24)21-17(25)26-18(2,3)4/h10-12,14H,5-9H2,1-4H3,(H,21,25)(H,23,24). The quantitative estimate of drug-likeness (QED) is 0.825. The first-order valence-corrected chi connectivity index (χ1v) is 8.92. The van der Waals surface area contributed by atoms with Crippen LogP contribution in [-0.4, -0.2) is 51.9 Å². The number of aromatic nitrogens is 2. The Morgan fingerprint density at radius 1 is 1.31 bits per heavy atom. The molecular formula is C18H28N4O4. The molecule has 1 amide bonds. The molecular weight excluding hydrogens is 336 g/mol. The van der Waals surface area contributed by atoms with Crippen LogP contribution in [0.15, 0.2) is 12.4 Å². The lowest BCUT2D eigenvalue weighted by Gasteiger charge is -2.30. The van der Waals surface area contributed by atoms with Gasteiger partial charge in [0.05, 0.1) is 0 Å². The average Bonchev–Trinajstić information content (AvgIpc) is 2.54. The van der Waals surface area contributed by atoms with E-state index in [0.717, 1.165) is 31.8 Å². The van der Waals surface area contributed by atoms with Crippen LogP contribution in [0.1, 0.15) is 46.1 Å². The third kappa shape index (κ3) is 6.16. The van der Waals surface area contributed by atoms with Crippen LogP contribution in [0.4, 0.5) is 10.7 Å². The van der Waals surface area contributed by atoms with Gasteiger partial charge in [0.1, 0.15) is 11.6 Å². The van der Waals surface area contributed by atoms with E-state index in [4.69, 9.17) is 4.74 Å². The van der Waals surface area contributed by atoms with Gasteiger partial charge in [0.15, 0.2) is 0 Å². The van der Waals surface area contributed by atoms with Crippen molar-refractivity contribution in [3.8, 4) is 0 Å². The van der Waals surface area contributed by atoms with Crippen LogP contribution in [0.25, 0.3) is 0 Å². The summed E-state index contributed by atoms with van der Waals surface area (Å²) < 4.78 is 5.11. The van der Waals surface area contributed by atoms with E-state index >= 15 is 0 Å². The fourth-order valence-corrected chi connectivity index (χ4v) is 2.71. The first-order valence-electron chi connectivity index (χ1n) is 8.92. The van der Waals surface area contributed by atoms with Gasteiger partial charge in [-0.25, -0.2) is 19.6 Å². The van der Waals surface area contributed by atoms with Gasteiger partial charge in [-0.3, -0.25) is 0 Å². The minimum absolute atomic E-state index is 0.0892. The molecule has 1 aliphatic rings. The summed E-state index contributed by atoms with van der Waals surface area (Å²) in [6.45, 7) is 9.25. The third-order valence-corrected chi connectivity index (χ3v) is 4.19. The van der Waals surface area contributed by atoms with E-state index in [9.17, 15) is 14.7 Å². The van der Waals surface area contributed by atoms with Crippen molar-refractivity contribution in [2.45, 2.75) is 58.6 Å². The first-order chi connectivity index (χ1) is 12.1. The molecule has 0 bridgehead atoms. The van der Waals surface area contributed by atoms with Crippen molar-refractivity contribution in [3.63, 3.8) is 0 Å². The zero-order valence-electron chi connectivity index (χ0n) is 15.9. The topological polar surface area (TPSA) is 105 Å². The maximum atomic E-state index is 11.8. The summed E-state index contributed by atoms with van der Waals surface area (Å²) in [5.74, 6) is 0.248. The van der Waals surface area contributed by atoms with E-state index in [1.54, 1.807) is 33.2 Å². The molecule has 2 rings (SSSR count). The lowest BCUT2D eigenvalue weighted by Crippen LogP contribution is -2.44. The van der Waals surface area contributed by atoms with Crippen molar-refractivity contribution >= 4 is 18.0 Å². The number of carboxylic acid groups (broad SMARTS) is 1. The average molecular weight is 364 g/mol. The molecule has 1 saturated heterocycles. The zero-order valence-corrected chi connectivity index (χ0v) is 15.9. The number of anilines is 1. The van der Waals surface area contributed by atoms with Gasteiger partial charge in [-0.1, -0.05) is 6.92 Å². The highest BCUT2D eigenvalue weighted by Gasteiger charge is 2.25. The maximum absolute atomic E-state index is 11.8. The fraction of sp³-hybridized carbons (Fsp3) is 0.667. The maximum Gasteiger partial charge on any atom is 0.408 e. The van der Waals surface area contributed by atoms with Crippen molar-refractivity contribution in [2.24, 2.45) is 5.92 Å². The van der Waals surface area contributed by atoms with Crippen LogP contribution in [-0.2, 0) is 16.0 Å². The minimum atomic E-state index is -1.13. The number of alkyl carbamates (subject to hydrolysis) is 1. The summed E-state index contributed by atoms with van der Waals surface area (Å²) in [5, 5.41) is 11.7. The van der Waals surface area contributed by atoms with Crippen LogP contribution < -0.4 is 10.2 Å². The Labute approximate surface area is 154 Å². The van der Waals surface area contributed by atoms with Gasteiger partial charge in [-0.15, -0.1) is 0 Å². The van der Waals surface area contributed by atoms with E-state index in [2.05, 4.69) is 27.1 Å². The third-order valence-electron chi connectivity index (χ3n) is 4.19. The summed E-state index contributed by atoms with van der Waals surface area (Å²) in [7, 11) is 0. The van der Waals surface area contributed by atoms with Crippen molar-refractivity contribution in [1.29, 1.82) is 0 Å². The number of nitrogens with one attached hydrogen (secondary N) is 1. The molecule has 0 aromatic carbocycles. The van der Waals surface area contributed by atoms with Gasteiger partial charge in [0.2, 0.25) is 5.95 Å². The van der Waals surface area contributed by atoms with E-state index in [1.165, 1.54) is 0 Å². The number of carboxylic acids is 1. The predicted octanol–water partition coefficient (Wildman–Crippen LogP) is 2.23. The molecule has 1 fully saturated rings. The SMILES string of the molecule is CC1CCN(c2ncc(CC(NC(=O)OC(C)(C)C)C(=O)O)cn2)CC1. The monoisotopic (exact) mass is 364 g/mol. The summed E-state index contributed by atoms with van der Waals surface area (Å²) in [6, 6.07) is -1.10. The molecule has 0 spiro atoms. The number of rotatable bonds is 5. The highest BCUT2D eigenvalue weighted by Crippen LogP contribution is 2.19. The Hall–Kier alpha value is -2.38. The first kappa shape index (κ1) is 19.9. The van der Waals surface area contributed by atoms with Crippen molar-refractivity contribution in [3.05, 3.63) is 18.0 Å². The number of ether oxygens (including phenoxy) is 1. The Morgan fingerprint density at radius 2 is 1.88 bits per heavy atom. The van der Waals surface area contributed by atoms with Crippen molar-refractivity contribution in [1.82, 2.24) is 15.3 Å². The molecule has 8 nitrogen and oxygen atoms in total. The van der Waals surface area contributed by atoms with E-state index in [1.807, 2.05) is 0 Å². The molecule has 2 N–H and O–H groups in total. The lowest BCUT2D eigenvalue weighted by molar-refractivity contribution is -0.139. The normalized spacial score (nSPS) is 16.8. The van der Waals surface area contributed by atoms with E-state index in [-0.39, 0.29) is 6.42 Å². The molecule has 1 aromatic rings. The number of hydrogen-bond donors (Lipinski definition) is 2. The largest absolute Gasteiger partial charge is 0.480 e. The van der Waals surface area contributed by atoms with Gasteiger partial charge in [0, 0.05) is 31.9 Å². The summed E-state index contributed by atoms with van der Waals surface area (Å²) in [6.07, 6.45) is 4.80. The number of hydrogen-bond acceptors (Lipinski definition) is 6. The molecule has 1 atom stereocenters. The number of amides is 1. The molecule has 1 aliphatic heterocycles. The number of carbonyl (C=O) groups excluding carboxylic acids is 1. The molecule has 0 aliphatic carbocycles. The molecule has 144 valence electrons. The molecule has 8 heteroatoms. The minimum Gasteiger partial charge on any atom is -0.480 e. The fourth-order valence-electron chi connectivity index (χ4n) is 2.71. The van der Waals surface area contributed by atoms with Crippen LogP contribution >= 0.6 is 0 Å². The Kier molecular flexibility index (Phi) is 6.39. The highest BCUT2D eigenvalue weighted by molar-refractivity contribution is 5.80. The second kappa shape index (κ2) is 8.33. The zero-order chi connectivity index (χ0) is 19.3. The second-order valence-corrected chi connectivity index (χ2v) is 7.80. The summed E-state index contributed by atoms with van der Waals surface area (Å²) >= 11 is 0. The van der Waals surface area contributed by atoms with Gasteiger partial charge >= 0.3 is 12.1 Å². The van der Waals surface area contributed by atoms with Crippen molar-refractivity contribution < 1.29 is 19.4 Å². The van der Waals surface area contributed by atoms with Crippen LogP contribution in [0, 0.1) is 5.92 Å². The lowest BCUT2D eigenvalue weighted by atomic mass is 10.00. The number of aliphatic carboxylic acids is 1. The van der Waals surface area contributed by atoms with Gasteiger partial charge < -0.3 is 20.1 Å². The van der Waals surface area contributed by atoms with E-state index < -0.39 is 23.7 Å². The molecule has 26 heavy (non-hydrogen) atoms. The highest BCUT2D eigenvalue weighted by atomic mass is 16.6. The Balaban J connectivity index is 1.96. The van der Waals surface area contributed by atoms with Crippen LogP contribution in [0.2, 0.25) is 0 Å². The predicted molar refractivity (Wildman–Crippen MR) is 97.1 cm³/mol. The number of nitrogens with zero attached hydrogens (tertiary/aromatic N) is 3. The smallest absolute Gasteiger partial charge is 0.408 e. The molecule has 0 radical (unpaired) electrons. The summed E-state index contributed by atoms with van der Waals surface area (Å²) in [5.41, 5.74) is -0.0494. The number of piperidine rings is 1. The Morgan fingerprint density at radius 3 is 2.38 bits per heavy atom. The molecule has 1 unspecified atom stereocenters. The molecule has 1 aromatic heterocycles. The van der Waals surface area contributed by atoms with Crippen LogP contribution in [0.3, 0.4) is 0 Å². The number of carbonyl (C=O) groups is 2. The second-order valence-electron chi connectivity index (χ2n) is 7.80. The van der Waals surface area contributed by atoms with Crippen molar-refractivity contribution in [2.75, 3.05) is 18.0 Å². The van der Waals surface area contributed by atoms with Crippen LogP contribution in [0.5, 0.6) is 0 Å². The summed E-state index contributed by atoms with van der Waals surface area (Å²) in [4.78, 5) is 34.1. The van der Waals surface area contributed by atoms with Gasteiger partial charge in [-0.05, 0) is 45.1 Å². The molecule has 2 heterocycles. The molecule has 0 saturated carbocycles.